The molecular formula is C19H27ClN4O2S2. The molecule has 1 aliphatic rings. The van der Waals surface area contributed by atoms with Crippen LogP contribution in [-0.2, 0) is 23.1 Å². The first kappa shape index (κ1) is 21.5. The Labute approximate surface area is 177 Å². The smallest absolute Gasteiger partial charge is 0.199 e. The zero-order valence-electron chi connectivity index (χ0n) is 16.3. The highest BCUT2D eigenvalue weighted by Gasteiger charge is 2.32. The van der Waals surface area contributed by atoms with Crippen LogP contribution in [0.25, 0.3) is 11.4 Å². The fourth-order valence-electron chi connectivity index (χ4n) is 3.60. The maximum atomic E-state index is 12.0. The molecule has 0 radical (unpaired) electrons. The average Bonchev–Trinajstić information content (AvgIpc) is 3.18. The fourth-order valence-corrected chi connectivity index (χ4v) is 5.80. The highest BCUT2D eigenvalue weighted by atomic mass is 35.5. The molecule has 1 aromatic heterocycles. The topological polar surface area (TPSA) is 60.1 Å². The van der Waals surface area contributed by atoms with Crippen LogP contribution in [0.15, 0.2) is 24.3 Å². The number of unbranched alkanes of at least 4 members (excludes halogenated alkanes) is 1. The maximum absolute atomic E-state index is 12.0. The van der Waals surface area contributed by atoms with E-state index in [0.717, 1.165) is 30.8 Å². The molecule has 0 aliphatic carbocycles. The van der Waals surface area contributed by atoms with Gasteiger partial charge in [0.2, 0.25) is 0 Å². The van der Waals surface area contributed by atoms with Crippen molar-refractivity contribution in [3.8, 4) is 11.4 Å². The van der Waals surface area contributed by atoms with Gasteiger partial charge in [0, 0.05) is 29.7 Å². The van der Waals surface area contributed by atoms with Crippen molar-refractivity contribution in [2.24, 2.45) is 0 Å². The van der Waals surface area contributed by atoms with Gasteiger partial charge in [-0.05, 0) is 56.2 Å². The molecule has 3 rings (SSSR count). The van der Waals surface area contributed by atoms with Crippen LogP contribution < -0.4 is 0 Å². The average molecular weight is 443 g/mol. The quantitative estimate of drug-likeness (QED) is 0.578. The lowest BCUT2D eigenvalue weighted by Crippen LogP contribution is -2.38. The highest BCUT2D eigenvalue weighted by Crippen LogP contribution is 2.23. The molecule has 9 heteroatoms. The van der Waals surface area contributed by atoms with Gasteiger partial charge in [0.15, 0.2) is 20.4 Å². The first-order valence-electron chi connectivity index (χ1n) is 9.72. The molecule has 0 bridgehead atoms. The van der Waals surface area contributed by atoms with E-state index in [4.69, 9.17) is 28.9 Å². The molecule has 0 spiro atoms. The van der Waals surface area contributed by atoms with E-state index < -0.39 is 9.84 Å². The molecule has 154 valence electrons. The lowest BCUT2D eigenvalue weighted by molar-refractivity contribution is 0.152. The number of halogens is 1. The van der Waals surface area contributed by atoms with E-state index in [2.05, 4.69) is 11.8 Å². The third-order valence-corrected chi connectivity index (χ3v) is 7.61. The Morgan fingerprint density at radius 2 is 2.00 bits per heavy atom. The second-order valence-electron chi connectivity index (χ2n) is 7.22. The number of hydrogen-bond acceptors (Lipinski definition) is 5. The molecule has 28 heavy (non-hydrogen) atoms. The van der Waals surface area contributed by atoms with Crippen molar-refractivity contribution in [3.63, 3.8) is 0 Å². The summed E-state index contributed by atoms with van der Waals surface area (Å²) in [6.45, 7) is 6.24. The molecule has 0 saturated carbocycles. The summed E-state index contributed by atoms with van der Waals surface area (Å²) in [5.41, 5.74) is 0.958. The molecule has 1 aromatic carbocycles. The summed E-state index contributed by atoms with van der Waals surface area (Å²) in [7, 11) is -2.94. The second-order valence-corrected chi connectivity index (χ2v) is 10.3. The van der Waals surface area contributed by atoms with Crippen LogP contribution in [0.3, 0.4) is 0 Å². The standard InChI is InChI=1S/C19H27ClN4O2S2/c1-3-5-11-22(17-10-12-28(25,26)13-17)14-24-19(27)23(4-2)18(21-24)15-6-8-16(20)9-7-15/h6-9,17H,3-5,10-14H2,1-2H3/t17-/m0/s1. The van der Waals surface area contributed by atoms with Gasteiger partial charge in [-0.25, -0.2) is 13.1 Å². The number of hydrogen-bond donors (Lipinski definition) is 0. The molecule has 1 saturated heterocycles. The zero-order valence-corrected chi connectivity index (χ0v) is 18.7. The van der Waals surface area contributed by atoms with Crippen molar-refractivity contribution in [1.82, 2.24) is 19.2 Å². The van der Waals surface area contributed by atoms with E-state index in [1.807, 2.05) is 40.4 Å². The molecule has 0 unspecified atom stereocenters. The van der Waals surface area contributed by atoms with Gasteiger partial charge in [0.1, 0.15) is 0 Å². The SMILES string of the molecule is CCCCN(Cn1nc(-c2ccc(Cl)cc2)n(CC)c1=S)[C@H]1CCS(=O)(=O)C1. The van der Waals surface area contributed by atoms with E-state index in [9.17, 15) is 8.42 Å². The summed E-state index contributed by atoms with van der Waals surface area (Å²) in [5.74, 6) is 1.30. The first-order valence-corrected chi connectivity index (χ1v) is 12.3. The van der Waals surface area contributed by atoms with Crippen molar-refractivity contribution in [2.45, 2.75) is 52.4 Å². The molecule has 6 nitrogen and oxygen atoms in total. The van der Waals surface area contributed by atoms with E-state index in [0.29, 0.717) is 29.4 Å². The molecule has 1 aliphatic heterocycles. The van der Waals surface area contributed by atoms with Crippen LogP contribution in [0.4, 0.5) is 0 Å². The molecule has 2 heterocycles. The third kappa shape index (κ3) is 4.84. The Balaban J connectivity index is 1.90. The van der Waals surface area contributed by atoms with Crippen molar-refractivity contribution in [3.05, 3.63) is 34.1 Å². The number of sulfone groups is 1. The van der Waals surface area contributed by atoms with E-state index in [-0.39, 0.29) is 17.5 Å². The van der Waals surface area contributed by atoms with E-state index >= 15 is 0 Å². The van der Waals surface area contributed by atoms with Gasteiger partial charge in [-0.1, -0.05) is 24.9 Å². The van der Waals surface area contributed by atoms with Crippen molar-refractivity contribution >= 4 is 33.7 Å². The predicted molar refractivity (Wildman–Crippen MR) is 116 cm³/mol. The Kier molecular flexibility index (Phi) is 6.96. The minimum Gasteiger partial charge on any atom is -0.300 e. The summed E-state index contributed by atoms with van der Waals surface area (Å²) in [4.78, 5) is 2.22. The van der Waals surface area contributed by atoms with Crippen molar-refractivity contribution < 1.29 is 8.42 Å². The van der Waals surface area contributed by atoms with Crippen LogP contribution in [0, 0.1) is 4.77 Å². The fraction of sp³-hybridized carbons (Fsp3) is 0.579. The summed E-state index contributed by atoms with van der Waals surface area (Å²) in [5, 5.41) is 5.46. The monoisotopic (exact) mass is 442 g/mol. The Morgan fingerprint density at radius 1 is 1.29 bits per heavy atom. The Bertz CT molecular complexity index is 967. The summed E-state index contributed by atoms with van der Waals surface area (Å²) < 4.78 is 28.4. The number of aromatic nitrogens is 3. The minimum absolute atomic E-state index is 0.0317. The zero-order chi connectivity index (χ0) is 20.3. The number of nitrogens with zero attached hydrogens (tertiary/aromatic N) is 4. The maximum Gasteiger partial charge on any atom is 0.199 e. The minimum atomic E-state index is -2.94. The molecule has 2 aromatic rings. The normalized spacial score (nSPS) is 18.8. The van der Waals surface area contributed by atoms with Gasteiger partial charge < -0.3 is 4.57 Å². The number of benzene rings is 1. The van der Waals surface area contributed by atoms with Crippen molar-refractivity contribution in [2.75, 3.05) is 18.1 Å². The summed E-state index contributed by atoms with van der Waals surface area (Å²) in [6.07, 6.45) is 2.75. The lowest BCUT2D eigenvalue weighted by atomic mass is 10.2. The number of rotatable bonds is 8. The molecular weight excluding hydrogens is 416 g/mol. The Hall–Kier alpha value is -1.22. The van der Waals surface area contributed by atoms with Gasteiger partial charge in [-0.2, -0.15) is 5.10 Å². The largest absolute Gasteiger partial charge is 0.300 e. The van der Waals surface area contributed by atoms with Crippen LogP contribution in [0.5, 0.6) is 0 Å². The highest BCUT2D eigenvalue weighted by molar-refractivity contribution is 7.91. The van der Waals surface area contributed by atoms with Crippen molar-refractivity contribution in [1.29, 1.82) is 0 Å². The first-order chi connectivity index (χ1) is 13.3. The third-order valence-electron chi connectivity index (χ3n) is 5.18. The van der Waals surface area contributed by atoms with Gasteiger partial charge in [0.05, 0.1) is 18.2 Å². The molecule has 1 fully saturated rings. The summed E-state index contributed by atoms with van der Waals surface area (Å²) in [6, 6.07) is 7.60. The van der Waals surface area contributed by atoms with Gasteiger partial charge in [0.25, 0.3) is 0 Å². The lowest BCUT2D eigenvalue weighted by Gasteiger charge is -2.27. The van der Waals surface area contributed by atoms with Crippen LogP contribution in [0.2, 0.25) is 5.02 Å². The van der Waals surface area contributed by atoms with E-state index in [1.165, 1.54) is 0 Å². The van der Waals surface area contributed by atoms with Crippen LogP contribution in [0.1, 0.15) is 33.1 Å². The van der Waals surface area contributed by atoms with Gasteiger partial charge in [-0.3, -0.25) is 4.90 Å². The Morgan fingerprint density at radius 3 is 2.57 bits per heavy atom. The molecule has 0 N–H and O–H groups in total. The van der Waals surface area contributed by atoms with Crippen LogP contribution >= 0.6 is 23.8 Å². The van der Waals surface area contributed by atoms with Crippen LogP contribution in [-0.4, -0.2) is 51.8 Å². The molecule has 1 atom stereocenters. The van der Waals surface area contributed by atoms with Gasteiger partial charge >= 0.3 is 0 Å². The summed E-state index contributed by atoms with van der Waals surface area (Å²) >= 11 is 11.7. The molecule has 0 amide bonds. The second kappa shape index (κ2) is 9.07. The van der Waals surface area contributed by atoms with Gasteiger partial charge in [-0.15, -0.1) is 0 Å². The predicted octanol–water partition coefficient (Wildman–Crippen LogP) is 4.00. The van der Waals surface area contributed by atoms with E-state index in [1.54, 1.807) is 0 Å².